The number of aromatic nitrogens is 2. The predicted octanol–water partition coefficient (Wildman–Crippen LogP) is 2.01. The van der Waals surface area contributed by atoms with Crippen molar-refractivity contribution in [2.24, 2.45) is 7.05 Å². The van der Waals surface area contributed by atoms with E-state index in [-0.39, 0.29) is 5.69 Å². The number of rotatable bonds is 1. The zero-order valence-corrected chi connectivity index (χ0v) is 12.8. The molecule has 122 valence electrons. The molecule has 0 radical (unpaired) electrons. The highest BCUT2D eigenvalue weighted by atomic mass is 35.5. The maximum atomic E-state index is 12.8. The molecule has 3 rings (SSSR count). The van der Waals surface area contributed by atoms with E-state index >= 15 is 0 Å². The SMILES string of the molecule is Cn1nc(C(F)(F)F)c(Cl)c1C(=O)N1CCN2CCC[C@H]2C1. The van der Waals surface area contributed by atoms with E-state index < -0.39 is 22.8 Å². The normalized spacial score (nSPS) is 23.0. The Bertz CT molecular complexity index is 601. The molecule has 0 N–H and O–H groups in total. The second-order valence-electron chi connectivity index (χ2n) is 5.72. The van der Waals surface area contributed by atoms with E-state index in [0.717, 1.165) is 30.6 Å². The van der Waals surface area contributed by atoms with Crippen molar-refractivity contribution in [1.29, 1.82) is 0 Å². The van der Waals surface area contributed by atoms with Crippen LogP contribution in [0.4, 0.5) is 13.2 Å². The van der Waals surface area contributed by atoms with Gasteiger partial charge in [-0.2, -0.15) is 18.3 Å². The van der Waals surface area contributed by atoms with Crippen molar-refractivity contribution in [1.82, 2.24) is 19.6 Å². The third kappa shape index (κ3) is 2.58. The summed E-state index contributed by atoms with van der Waals surface area (Å²) in [5.41, 5.74) is -1.40. The van der Waals surface area contributed by atoms with Gasteiger partial charge in [0.2, 0.25) is 0 Å². The topological polar surface area (TPSA) is 41.4 Å². The molecule has 3 heterocycles. The zero-order valence-electron chi connectivity index (χ0n) is 12.0. The van der Waals surface area contributed by atoms with Crippen LogP contribution in [0, 0.1) is 0 Å². The molecule has 1 aromatic heterocycles. The monoisotopic (exact) mass is 336 g/mol. The molecular formula is C13H16ClF3N4O. The van der Waals surface area contributed by atoms with Crippen molar-refractivity contribution in [3.8, 4) is 0 Å². The fourth-order valence-corrected chi connectivity index (χ4v) is 3.58. The summed E-state index contributed by atoms with van der Waals surface area (Å²) in [5.74, 6) is -0.484. The van der Waals surface area contributed by atoms with E-state index in [9.17, 15) is 18.0 Å². The molecule has 0 bridgehead atoms. The molecule has 2 fully saturated rings. The molecule has 1 aromatic rings. The van der Waals surface area contributed by atoms with Gasteiger partial charge in [0.15, 0.2) is 5.69 Å². The van der Waals surface area contributed by atoms with Crippen LogP contribution in [-0.2, 0) is 13.2 Å². The zero-order chi connectivity index (χ0) is 16.1. The molecule has 2 saturated heterocycles. The first-order valence-electron chi connectivity index (χ1n) is 7.12. The van der Waals surface area contributed by atoms with Crippen LogP contribution in [0.3, 0.4) is 0 Å². The fraction of sp³-hybridized carbons (Fsp3) is 0.692. The second-order valence-corrected chi connectivity index (χ2v) is 6.09. The Morgan fingerprint density at radius 3 is 2.68 bits per heavy atom. The van der Waals surface area contributed by atoms with E-state index in [0.29, 0.717) is 19.1 Å². The van der Waals surface area contributed by atoms with Crippen LogP contribution < -0.4 is 0 Å². The fourth-order valence-electron chi connectivity index (χ4n) is 3.24. The third-order valence-corrected chi connectivity index (χ3v) is 4.69. The van der Waals surface area contributed by atoms with Gasteiger partial charge >= 0.3 is 6.18 Å². The number of carbonyl (C=O) groups is 1. The number of nitrogens with zero attached hydrogens (tertiary/aromatic N) is 4. The highest BCUT2D eigenvalue weighted by Gasteiger charge is 2.41. The van der Waals surface area contributed by atoms with Crippen molar-refractivity contribution in [3.05, 3.63) is 16.4 Å². The van der Waals surface area contributed by atoms with Crippen molar-refractivity contribution in [2.75, 3.05) is 26.2 Å². The number of halogens is 4. The molecule has 2 aliphatic heterocycles. The minimum Gasteiger partial charge on any atom is -0.334 e. The number of amides is 1. The van der Waals surface area contributed by atoms with Crippen LogP contribution >= 0.6 is 11.6 Å². The van der Waals surface area contributed by atoms with Crippen molar-refractivity contribution >= 4 is 17.5 Å². The highest BCUT2D eigenvalue weighted by Crippen LogP contribution is 2.36. The first-order valence-corrected chi connectivity index (χ1v) is 7.50. The summed E-state index contributed by atoms with van der Waals surface area (Å²) in [6, 6.07) is 0.298. The quantitative estimate of drug-likeness (QED) is 0.788. The number of hydrogen-bond donors (Lipinski definition) is 0. The lowest BCUT2D eigenvalue weighted by atomic mass is 10.1. The minimum absolute atomic E-state index is 0.194. The van der Waals surface area contributed by atoms with Crippen molar-refractivity contribution in [3.63, 3.8) is 0 Å². The first-order chi connectivity index (χ1) is 10.3. The van der Waals surface area contributed by atoms with E-state index in [1.807, 2.05) is 0 Å². The maximum absolute atomic E-state index is 12.8. The van der Waals surface area contributed by atoms with Gasteiger partial charge in [0.25, 0.3) is 5.91 Å². The number of fused-ring (bicyclic) bond motifs is 1. The molecular weight excluding hydrogens is 321 g/mol. The van der Waals surface area contributed by atoms with E-state index in [1.165, 1.54) is 7.05 Å². The minimum atomic E-state index is -4.67. The Morgan fingerprint density at radius 1 is 1.32 bits per heavy atom. The van der Waals surface area contributed by atoms with Crippen molar-refractivity contribution in [2.45, 2.75) is 25.1 Å². The molecule has 0 unspecified atom stereocenters. The van der Waals surface area contributed by atoms with Gasteiger partial charge in [0.1, 0.15) is 10.7 Å². The summed E-state index contributed by atoms with van der Waals surface area (Å²) in [6.45, 7) is 2.80. The largest absolute Gasteiger partial charge is 0.436 e. The van der Waals surface area contributed by atoms with Gasteiger partial charge in [-0.15, -0.1) is 0 Å². The molecule has 1 atom stereocenters. The lowest BCUT2D eigenvalue weighted by Gasteiger charge is -2.37. The molecule has 1 amide bonds. The third-order valence-electron chi connectivity index (χ3n) is 4.34. The highest BCUT2D eigenvalue weighted by molar-refractivity contribution is 6.34. The number of aryl methyl sites for hydroxylation is 1. The summed E-state index contributed by atoms with van der Waals surface area (Å²) >= 11 is 5.78. The number of hydrogen-bond acceptors (Lipinski definition) is 3. The van der Waals surface area contributed by atoms with Crippen LogP contribution in [-0.4, -0.2) is 57.7 Å². The summed E-state index contributed by atoms with van der Waals surface area (Å²) < 4.78 is 39.4. The lowest BCUT2D eigenvalue weighted by Crippen LogP contribution is -2.52. The van der Waals surface area contributed by atoms with Gasteiger partial charge in [-0.3, -0.25) is 14.4 Å². The molecule has 2 aliphatic rings. The smallest absolute Gasteiger partial charge is 0.334 e. The van der Waals surface area contributed by atoms with Gasteiger partial charge in [-0.1, -0.05) is 11.6 Å². The molecule has 0 aromatic carbocycles. The Balaban J connectivity index is 1.85. The van der Waals surface area contributed by atoms with E-state index in [1.54, 1.807) is 4.90 Å². The van der Waals surface area contributed by atoms with Gasteiger partial charge in [-0.05, 0) is 19.4 Å². The Labute approximate surface area is 130 Å². The number of alkyl halides is 3. The van der Waals surface area contributed by atoms with Crippen LogP contribution in [0.1, 0.15) is 29.0 Å². The summed E-state index contributed by atoms with van der Waals surface area (Å²) in [6.07, 6.45) is -2.56. The maximum Gasteiger partial charge on any atom is 0.436 e. The van der Waals surface area contributed by atoms with E-state index in [2.05, 4.69) is 10.00 Å². The lowest BCUT2D eigenvalue weighted by molar-refractivity contribution is -0.141. The van der Waals surface area contributed by atoms with Crippen LogP contribution in [0.15, 0.2) is 0 Å². The van der Waals surface area contributed by atoms with Gasteiger partial charge < -0.3 is 4.90 Å². The van der Waals surface area contributed by atoms with Crippen LogP contribution in [0.5, 0.6) is 0 Å². The Kier molecular flexibility index (Phi) is 3.84. The molecule has 0 saturated carbocycles. The van der Waals surface area contributed by atoms with Gasteiger partial charge in [0, 0.05) is 32.7 Å². The predicted molar refractivity (Wildman–Crippen MR) is 73.7 cm³/mol. The van der Waals surface area contributed by atoms with Gasteiger partial charge in [-0.25, -0.2) is 0 Å². The Morgan fingerprint density at radius 2 is 2.05 bits per heavy atom. The number of carbonyl (C=O) groups excluding carboxylic acids is 1. The molecule has 0 aliphatic carbocycles. The Hall–Kier alpha value is -1.28. The molecule has 5 nitrogen and oxygen atoms in total. The average Bonchev–Trinajstić information content (AvgIpc) is 3.01. The molecule has 22 heavy (non-hydrogen) atoms. The van der Waals surface area contributed by atoms with Gasteiger partial charge in [0.05, 0.1) is 0 Å². The van der Waals surface area contributed by atoms with Crippen LogP contribution in [0.25, 0.3) is 0 Å². The summed E-state index contributed by atoms with van der Waals surface area (Å²) in [7, 11) is 1.31. The van der Waals surface area contributed by atoms with E-state index in [4.69, 9.17) is 11.6 Å². The second kappa shape index (κ2) is 5.42. The summed E-state index contributed by atoms with van der Waals surface area (Å²) in [4.78, 5) is 16.5. The average molecular weight is 337 g/mol. The standard InChI is InChI=1S/C13H16ClF3N4O/c1-19-10(9(14)11(18-19)13(15,16)17)12(22)21-6-5-20-4-2-3-8(20)7-21/h8H,2-7H2,1H3/t8-/m0/s1. The molecule has 9 heteroatoms. The van der Waals surface area contributed by atoms with Crippen molar-refractivity contribution < 1.29 is 18.0 Å². The van der Waals surface area contributed by atoms with Crippen LogP contribution in [0.2, 0.25) is 5.02 Å². The first kappa shape index (κ1) is 15.6. The summed E-state index contributed by atoms with van der Waals surface area (Å²) in [5, 5.41) is 2.75. The molecule has 0 spiro atoms. The number of piperazine rings is 1.